The Balaban J connectivity index is 1.95. The van der Waals surface area contributed by atoms with Crippen molar-refractivity contribution in [2.24, 2.45) is 5.92 Å². The molecule has 1 fully saturated rings. The maximum Gasteiger partial charge on any atom is 0.340 e. The van der Waals surface area contributed by atoms with Crippen molar-refractivity contribution in [1.82, 2.24) is 0 Å². The SMILES string of the molecule is Cc1cccc(N)c1C(=O)OCC1CCCCC1. The predicted molar refractivity (Wildman–Crippen MR) is 72.4 cm³/mol. The lowest BCUT2D eigenvalue weighted by Crippen LogP contribution is -2.18. The number of hydrogen-bond donors (Lipinski definition) is 1. The first-order chi connectivity index (χ1) is 8.68. The van der Waals surface area contributed by atoms with E-state index in [9.17, 15) is 4.79 Å². The average molecular weight is 247 g/mol. The molecule has 3 nitrogen and oxygen atoms in total. The zero-order valence-electron chi connectivity index (χ0n) is 10.9. The van der Waals surface area contributed by atoms with E-state index < -0.39 is 0 Å². The molecular weight excluding hydrogens is 226 g/mol. The van der Waals surface area contributed by atoms with Crippen LogP contribution >= 0.6 is 0 Å². The van der Waals surface area contributed by atoms with Gasteiger partial charge in [0.15, 0.2) is 0 Å². The van der Waals surface area contributed by atoms with Crippen molar-refractivity contribution < 1.29 is 9.53 Å². The fourth-order valence-electron chi connectivity index (χ4n) is 2.59. The molecule has 1 saturated carbocycles. The maximum atomic E-state index is 12.0. The maximum absolute atomic E-state index is 12.0. The summed E-state index contributed by atoms with van der Waals surface area (Å²) in [6.45, 7) is 2.42. The molecule has 18 heavy (non-hydrogen) atoms. The molecule has 0 atom stereocenters. The number of esters is 1. The summed E-state index contributed by atoms with van der Waals surface area (Å²) >= 11 is 0. The van der Waals surface area contributed by atoms with Gasteiger partial charge in [-0.15, -0.1) is 0 Å². The number of nitrogen functional groups attached to an aromatic ring is 1. The Bertz CT molecular complexity index is 402. The molecule has 1 aliphatic rings. The fourth-order valence-corrected chi connectivity index (χ4v) is 2.59. The second kappa shape index (κ2) is 5.89. The van der Waals surface area contributed by atoms with Gasteiger partial charge in [0.2, 0.25) is 0 Å². The number of nitrogens with two attached hydrogens (primary N) is 1. The van der Waals surface area contributed by atoms with Gasteiger partial charge in [0, 0.05) is 5.69 Å². The fraction of sp³-hybridized carbons (Fsp3) is 0.533. The highest BCUT2D eigenvalue weighted by Gasteiger charge is 2.18. The highest BCUT2D eigenvalue weighted by Crippen LogP contribution is 2.24. The van der Waals surface area contributed by atoms with Crippen molar-refractivity contribution in [3.8, 4) is 0 Å². The summed E-state index contributed by atoms with van der Waals surface area (Å²) in [6, 6.07) is 5.47. The van der Waals surface area contributed by atoms with Crippen LogP contribution in [0.15, 0.2) is 18.2 Å². The van der Waals surface area contributed by atoms with Gasteiger partial charge in [-0.2, -0.15) is 0 Å². The van der Waals surface area contributed by atoms with E-state index in [0.29, 0.717) is 23.8 Å². The standard InChI is InChI=1S/C15H21NO2/c1-11-6-5-9-13(16)14(11)15(17)18-10-12-7-3-2-4-8-12/h5-6,9,12H,2-4,7-8,10,16H2,1H3. The Morgan fingerprint density at radius 1 is 1.33 bits per heavy atom. The van der Waals surface area contributed by atoms with Gasteiger partial charge >= 0.3 is 5.97 Å². The van der Waals surface area contributed by atoms with Crippen molar-refractivity contribution in [1.29, 1.82) is 0 Å². The summed E-state index contributed by atoms with van der Waals surface area (Å²) in [7, 11) is 0. The first kappa shape index (κ1) is 12.9. The molecule has 2 N–H and O–H groups in total. The summed E-state index contributed by atoms with van der Waals surface area (Å²) in [5, 5.41) is 0. The number of anilines is 1. The van der Waals surface area contributed by atoms with Gasteiger partial charge in [-0.3, -0.25) is 0 Å². The summed E-state index contributed by atoms with van der Waals surface area (Å²) in [5.41, 5.74) is 7.73. The van der Waals surface area contributed by atoms with Gasteiger partial charge in [-0.05, 0) is 37.3 Å². The molecule has 98 valence electrons. The van der Waals surface area contributed by atoms with Crippen LogP contribution in [0.2, 0.25) is 0 Å². The molecule has 1 aliphatic carbocycles. The number of rotatable bonds is 3. The minimum absolute atomic E-state index is 0.281. The lowest BCUT2D eigenvalue weighted by Gasteiger charge is -2.21. The third-order valence-corrected chi connectivity index (χ3v) is 3.68. The predicted octanol–water partition coefficient (Wildman–Crippen LogP) is 3.31. The van der Waals surface area contributed by atoms with Crippen LogP contribution in [0.1, 0.15) is 48.0 Å². The summed E-state index contributed by atoms with van der Waals surface area (Å²) in [6.07, 6.45) is 6.19. The monoisotopic (exact) mass is 247 g/mol. The van der Waals surface area contributed by atoms with Crippen molar-refractivity contribution in [2.75, 3.05) is 12.3 Å². The number of aryl methyl sites for hydroxylation is 1. The summed E-state index contributed by atoms with van der Waals surface area (Å²) < 4.78 is 5.41. The van der Waals surface area contributed by atoms with E-state index in [0.717, 1.165) is 5.56 Å². The smallest absolute Gasteiger partial charge is 0.340 e. The Hall–Kier alpha value is -1.51. The third-order valence-electron chi connectivity index (χ3n) is 3.68. The van der Waals surface area contributed by atoms with E-state index in [1.54, 1.807) is 6.07 Å². The number of benzene rings is 1. The molecule has 1 aromatic rings. The third kappa shape index (κ3) is 3.03. The molecule has 3 heteroatoms. The van der Waals surface area contributed by atoms with Crippen molar-refractivity contribution in [2.45, 2.75) is 39.0 Å². The van der Waals surface area contributed by atoms with E-state index in [-0.39, 0.29) is 5.97 Å². The van der Waals surface area contributed by atoms with E-state index in [1.165, 1.54) is 32.1 Å². The van der Waals surface area contributed by atoms with Gasteiger partial charge in [0.1, 0.15) is 0 Å². The van der Waals surface area contributed by atoms with Gasteiger partial charge < -0.3 is 10.5 Å². The van der Waals surface area contributed by atoms with Gasteiger partial charge in [0.05, 0.1) is 12.2 Å². The van der Waals surface area contributed by atoms with Crippen LogP contribution in [0.5, 0.6) is 0 Å². The highest BCUT2D eigenvalue weighted by atomic mass is 16.5. The lowest BCUT2D eigenvalue weighted by molar-refractivity contribution is 0.0410. The molecule has 1 aromatic carbocycles. The number of carbonyl (C=O) groups is 1. The van der Waals surface area contributed by atoms with E-state index in [4.69, 9.17) is 10.5 Å². The van der Waals surface area contributed by atoms with Crippen molar-refractivity contribution in [3.63, 3.8) is 0 Å². The molecule has 0 amide bonds. The van der Waals surface area contributed by atoms with E-state index in [1.807, 2.05) is 19.1 Å². The van der Waals surface area contributed by atoms with E-state index >= 15 is 0 Å². The topological polar surface area (TPSA) is 52.3 Å². The van der Waals surface area contributed by atoms with Crippen LogP contribution in [0.3, 0.4) is 0 Å². The zero-order valence-corrected chi connectivity index (χ0v) is 10.9. The first-order valence-corrected chi connectivity index (χ1v) is 6.70. The van der Waals surface area contributed by atoms with Crippen LogP contribution in [0.4, 0.5) is 5.69 Å². The number of carbonyl (C=O) groups excluding carboxylic acids is 1. The largest absolute Gasteiger partial charge is 0.462 e. The number of hydrogen-bond acceptors (Lipinski definition) is 3. The Morgan fingerprint density at radius 3 is 2.72 bits per heavy atom. The molecule has 0 aliphatic heterocycles. The van der Waals surface area contributed by atoms with Crippen LogP contribution in [0, 0.1) is 12.8 Å². The lowest BCUT2D eigenvalue weighted by atomic mass is 9.90. The molecular formula is C15H21NO2. The Kier molecular flexibility index (Phi) is 4.24. The van der Waals surface area contributed by atoms with Crippen LogP contribution in [-0.2, 0) is 4.74 Å². The molecule has 0 radical (unpaired) electrons. The average Bonchev–Trinajstić information content (AvgIpc) is 2.37. The second-order valence-electron chi connectivity index (χ2n) is 5.14. The normalized spacial score (nSPS) is 16.5. The summed E-state index contributed by atoms with van der Waals surface area (Å²) in [5.74, 6) is 0.254. The molecule has 0 bridgehead atoms. The summed E-state index contributed by atoms with van der Waals surface area (Å²) in [4.78, 5) is 12.0. The van der Waals surface area contributed by atoms with Gasteiger partial charge in [-0.25, -0.2) is 4.79 Å². The molecule has 0 unspecified atom stereocenters. The Morgan fingerprint density at radius 2 is 2.06 bits per heavy atom. The second-order valence-corrected chi connectivity index (χ2v) is 5.14. The molecule has 0 saturated heterocycles. The molecule has 0 spiro atoms. The zero-order chi connectivity index (χ0) is 13.0. The minimum atomic E-state index is -0.281. The highest BCUT2D eigenvalue weighted by molar-refractivity contribution is 5.96. The molecule has 2 rings (SSSR count). The molecule has 0 heterocycles. The van der Waals surface area contributed by atoms with Crippen LogP contribution in [0.25, 0.3) is 0 Å². The van der Waals surface area contributed by atoms with E-state index in [2.05, 4.69) is 0 Å². The van der Waals surface area contributed by atoms with Gasteiger partial charge in [0.25, 0.3) is 0 Å². The van der Waals surface area contributed by atoms with Crippen molar-refractivity contribution in [3.05, 3.63) is 29.3 Å². The van der Waals surface area contributed by atoms with Crippen LogP contribution in [-0.4, -0.2) is 12.6 Å². The number of ether oxygens (including phenoxy) is 1. The minimum Gasteiger partial charge on any atom is -0.462 e. The quantitative estimate of drug-likeness (QED) is 0.658. The van der Waals surface area contributed by atoms with Gasteiger partial charge in [-0.1, -0.05) is 31.4 Å². The van der Waals surface area contributed by atoms with Crippen LogP contribution < -0.4 is 5.73 Å². The Labute approximate surface area is 108 Å². The first-order valence-electron chi connectivity index (χ1n) is 6.70. The molecule has 0 aromatic heterocycles. The van der Waals surface area contributed by atoms with Crippen molar-refractivity contribution >= 4 is 11.7 Å².